The van der Waals surface area contributed by atoms with Gasteiger partial charge in [0.2, 0.25) is 5.91 Å². The number of alkyl carbamates (subject to hydrolysis) is 1. The number of benzene rings is 3. The lowest BCUT2D eigenvalue weighted by Crippen LogP contribution is -2.49. The van der Waals surface area contributed by atoms with Gasteiger partial charge in [-0.15, -0.1) is 0 Å². The second-order valence-corrected chi connectivity index (χ2v) is 16.4. The van der Waals surface area contributed by atoms with Gasteiger partial charge in [-0.3, -0.25) is 9.59 Å². The molecule has 0 bridgehead atoms. The third kappa shape index (κ3) is 9.64. The molecule has 2 fully saturated rings. The van der Waals surface area contributed by atoms with Gasteiger partial charge in [-0.2, -0.15) is 0 Å². The van der Waals surface area contributed by atoms with E-state index in [-0.39, 0.29) is 36.2 Å². The molecule has 326 valence electrons. The lowest BCUT2D eigenvalue weighted by atomic mass is 10.0. The van der Waals surface area contributed by atoms with Gasteiger partial charge in [0.15, 0.2) is 6.10 Å². The van der Waals surface area contributed by atoms with Crippen molar-refractivity contribution in [3.05, 3.63) is 127 Å². The molecule has 4 atom stereocenters. The fraction of sp³-hybridized carbons (Fsp3) is 0.340. The summed E-state index contributed by atoms with van der Waals surface area (Å²) in [5.74, 6) is 0.659. The van der Waals surface area contributed by atoms with Crippen LogP contribution in [0.4, 0.5) is 9.59 Å². The monoisotopic (exact) mass is 852 g/mol. The number of H-pyrrole nitrogens is 2. The summed E-state index contributed by atoms with van der Waals surface area (Å²) < 4.78 is 12.0. The summed E-state index contributed by atoms with van der Waals surface area (Å²) in [5.41, 5.74) is 12.7. The maximum atomic E-state index is 14.1. The average molecular weight is 853 g/mol. The molecular weight excluding hydrogens is 801 g/mol. The van der Waals surface area contributed by atoms with Crippen molar-refractivity contribution in [1.82, 2.24) is 44.6 Å². The number of hydrogen-bond acceptors (Lipinski definition) is 9. The molecular formula is C47H52N10O6. The number of carbonyl (C=O) groups is 4. The maximum absolute atomic E-state index is 14.1. The summed E-state index contributed by atoms with van der Waals surface area (Å²) in [5, 5.41) is 2.75. The molecule has 3 aromatic heterocycles. The smallest absolute Gasteiger partial charge is 0.407 e. The molecule has 16 nitrogen and oxygen atoms in total. The second-order valence-electron chi connectivity index (χ2n) is 16.4. The van der Waals surface area contributed by atoms with Crippen molar-refractivity contribution in [3.63, 3.8) is 0 Å². The summed E-state index contributed by atoms with van der Waals surface area (Å²) in [4.78, 5) is 75.8. The Morgan fingerprint density at radius 1 is 0.762 bits per heavy atom. The Hall–Kier alpha value is -7.23. The summed E-state index contributed by atoms with van der Waals surface area (Å²) in [7, 11) is 1.28. The van der Waals surface area contributed by atoms with Gasteiger partial charge < -0.3 is 44.9 Å². The lowest BCUT2D eigenvalue weighted by molar-refractivity contribution is -0.143. The number of aromatic amines is 2. The first-order chi connectivity index (χ1) is 30.5. The average Bonchev–Trinajstić information content (AvgIpc) is 4.15. The number of amides is 4. The molecule has 2 aliphatic heterocycles. The van der Waals surface area contributed by atoms with Crippen LogP contribution in [0, 0.1) is 5.92 Å². The van der Waals surface area contributed by atoms with Crippen LogP contribution in [0.1, 0.15) is 74.5 Å². The van der Waals surface area contributed by atoms with Crippen LogP contribution in [-0.2, 0) is 32.0 Å². The minimum absolute atomic E-state index is 0.210. The zero-order valence-corrected chi connectivity index (χ0v) is 35.6. The molecule has 5 N–H and O–H groups in total. The van der Waals surface area contributed by atoms with Crippen LogP contribution in [0.3, 0.4) is 0 Å². The predicted octanol–water partition coefficient (Wildman–Crippen LogP) is 6.79. The normalized spacial score (nSPS) is 17.1. The molecule has 63 heavy (non-hydrogen) atoms. The topological polar surface area (TPSA) is 206 Å². The highest BCUT2D eigenvalue weighted by atomic mass is 16.6. The van der Waals surface area contributed by atoms with E-state index in [9.17, 15) is 19.2 Å². The van der Waals surface area contributed by atoms with Gasteiger partial charge in [0.25, 0.3) is 5.91 Å². The number of rotatable bonds is 14. The van der Waals surface area contributed by atoms with E-state index >= 15 is 0 Å². The minimum Gasteiger partial charge on any atom is -0.453 e. The van der Waals surface area contributed by atoms with Crippen molar-refractivity contribution >= 4 is 24.0 Å². The minimum atomic E-state index is -0.967. The van der Waals surface area contributed by atoms with Crippen LogP contribution >= 0.6 is 0 Å². The van der Waals surface area contributed by atoms with E-state index in [1.165, 1.54) is 7.11 Å². The highest BCUT2D eigenvalue weighted by molar-refractivity contribution is 5.86. The standard InChI is InChI=1S/C47H52N10O6/c1-29(2)41(63-46(48)60)45(59)57-22-8-12-40(57)43-50-25-38(53-43)34-19-15-32(16-20-34)31-13-17-33(18-14-31)37-24-49-42(52-37)39-11-7-21-56(39)44(58)36(54-47(61)62-3)23-35-27-55(28-51-35)26-30-9-5-4-6-10-30/h4-6,9-10,13-20,24-25,27-29,36,39-41H,7-8,11-12,21-23,26H2,1-3H3,(H2,48,60)(H,49,52)(H,50,53)(H,54,61)/t36-,39?,40-,41-/m0/s1. The number of hydrogen-bond donors (Lipinski definition) is 4. The Labute approximate surface area is 365 Å². The third-order valence-electron chi connectivity index (χ3n) is 11.8. The second kappa shape index (κ2) is 18.8. The Bertz CT molecular complexity index is 2530. The Kier molecular flexibility index (Phi) is 12.7. The molecule has 2 aliphatic rings. The summed E-state index contributed by atoms with van der Waals surface area (Å²) in [6.45, 7) is 5.36. The van der Waals surface area contributed by atoms with Gasteiger partial charge in [0.05, 0.1) is 55.0 Å². The van der Waals surface area contributed by atoms with E-state index in [0.717, 1.165) is 64.9 Å². The van der Waals surface area contributed by atoms with Crippen LogP contribution in [-0.4, -0.2) is 95.6 Å². The molecule has 2 saturated heterocycles. The highest BCUT2D eigenvalue weighted by Crippen LogP contribution is 2.35. The molecule has 0 aliphatic carbocycles. The van der Waals surface area contributed by atoms with Crippen LogP contribution < -0.4 is 11.1 Å². The Morgan fingerprint density at radius 2 is 1.30 bits per heavy atom. The number of nitrogens with zero attached hydrogens (tertiary/aromatic N) is 6. The molecule has 0 spiro atoms. The molecule has 16 heteroatoms. The van der Waals surface area contributed by atoms with Crippen molar-refractivity contribution in [3.8, 4) is 33.6 Å². The quantitative estimate of drug-likeness (QED) is 0.0909. The first-order valence-electron chi connectivity index (χ1n) is 21.3. The first kappa shape index (κ1) is 42.5. The highest BCUT2D eigenvalue weighted by Gasteiger charge is 2.39. The fourth-order valence-corrected chi connectivity index (χ4v) is 8.58. The maximum Gasteiger partial charge on any atom is 0.407 e. The zero-order chi connectivity index (χ0) is 44.0. The number of carbonyl (C=O) groups excluding carboxylic acids is 4. The number of ether oxygens (including phenoxy) is 2. The number of primary amides is 1. The Balaban J connectivity index is 0.908. The van der Waals surface area contributed by atoms with Gasteiger partial charge in [0.1, 0.15) is 17.7 Å². The van der Waals surface area contributed by atoms with E-state index in [2.05, 4.69) is 49.5 Å². The van der Waals surface area contributed by atoms with Crippen LogP contribution in [0.5, 0.6) is 0 Å². The summed E-state index contributed by atoms with van der Waals surface area (Å²) in [6, 6.07) is 25.0. The van der Waals surface area contributed by atoms with Crippen molar-refractivity contribution < 1.29 is 28.7 Å². The summed E-state index contributed by atoms with van der Waals surface area (Å²) >= 11 is 0. The van der Waals surface area contributed by atoms with Crippen molar-refractivity contribution in [2.45, 2.75) is 76.7 Å². The number of methoxy groups -OCH3 is 1. The number of nitrogens with two attached hydrogens (primary N) is 1. The van der Waals surface area contributed by atoms with Gasteiger partial charge in [-0.25, -0.2) is 24.5 Å². The molecule has 6 aromatic rings. The van der Waals surface area contributed by atoms with Crippen molar-refractivity contribution in [1.29, 1.82) is 0 Å². The molecule has 8 rings (SSSR count). The molecule has 4 amide bonds. The number of aromatic nitrogens is 6. The molecule has 5 heterocycles. The lowest BCUT2D eigenvalue weighted by Gasteiger charge is -2.29. The van der Waals surface area contributed by atoms with E-state index in [4.69, 9.17) is 20.2 Å². The van der Waals surface area contributed by atoms with Crippen LogP contribution in [0.2, 0.25) is 0 Å². The summed E-state index contributed by atoms with van der Waals surface area (Å²) in [6.07, 6.45) is 7.90. The van der Waals surface area contributed by atoms with Crippen LogP contribution in [0.25, 0.3) is 33.6 Å². The van der Waals surface area contributed by atoms with Crippen molar-refractivity contribution in [2.75, 3.05) is 20.2 Å². The van der Waals surface area contributed by atoms with E-state index < -0.39 is 24.3 Å². The van der Waals surface area contributed by atoms with Crippen LogP contribution in [0.15, 0.2) is 104 Å². The van der Waals surface area contributed by atoms with Gasteiger partial charge >= 0.3 is 12.2 Å². The fourth-order valence-electron chi connectivity index (χ4n) is 8.58. The molecule has 3 aromatic carbocycles. The third-order valence-corrected chi connectivity index (χ3v) is 11.8. The largest absolute Gasteiger partial charge is 0.453 e. The van der Waals surface area contributed by atoms with Gasteiger partial charge in [-0.1, -0.05) is 92.7 Å². The van der Waals surface area contributed by atoms with E-state index in [0.29, 0.717) is 37.0 Å². The van der Waals surface area contributed by atoms with E-state index in [1.807, 2.05) is 79.2 Å². The first-order valence-corrected chi connectivity index (χ1v) is 21.3. The Morgan fingerprint density at radius 3 is 1.83 bits per heavy atom. The SMILES string of the molecule is COC(=O)N[C@@H](Cc1cn(Cc2ccccc2)cn1)C(=O)N1CCCC1c1ncc(-c2ccc(-c3ccc(-c4cnc([C@@H]5CCCN5C(=O)[C@@H](OC(N)=O)C(C)C)[nH]4)cc3)cc2)[nH]1. The number of nitrogens with one attached hydrogen (secondary N) is 3. The number of imidazole rings is 3. The van der Waals surface area contributed by atoms with Gasteiger partial charge in [0, 0.05) is 32.3 Å². The molecule has 1 unspecified atom stereocenters. The predicted molar refractivity (Wildman–Crippen MR) is 235 cm³/mol. The number of likely N-dealkylation sites (tertiary alicyclic amines) is 2. The van der Waals surface area contributed by atoms with Gasteiger partial charge in [-0.05, 0) is 59.4 Å². The van der Waals surface area contributed by atoms with E-state index in [1.54, 1.807) is 28.5 Å². The van der Waals surface area contributed by atoms with Crippen molar-refractivity contribution in [2.24, 2.45) is 11.7 Å². The zero-order valence-electron chi connectivity index (χ0n) is 35.6. The molecule has 0 saturated carbocycles. The molecule has 0 radical (unpaired) electrons.